The zero-order valence-corrected chi connectivity index (χ0v) is 13.9. The van der Waals surface area contributed by atoms with Gasteiger partial charge in [0.2, 0.25) is 0 Å². The molecule has 4 heteroatoms. The van der Waals surface area contributed by atoms with Crippen LogP contribution in [0.5, 0.6) is 0 Å². The van der Waals surface area contributed by atoms with Crippen LogP contribution in [0.4, 0.5) is 5.69 Å². The number of carbonyl (C=O) groups is 1. The summed E-state index contributed by atoms with van der Waals surface area (Å²) in [6.07, 6.45) is 1.02. The van der Waals surface area contributed by atoms with E-state index in [9.17, 15) is 4.79 Å². The summed E-state index contributed by atoms with van der Waals surface area (Å²) in [6, 6.07) is 7.69. The normalized spacial score (nSPS) is 10.7. The highest BCUT2D eigenvalue weighted by molar-refractivity contribution is 5.99. The van der Waals surface area contributed by atoms with Crippen molar-refractivity contribution in [2.45, 2.75) is 27.2 Å². The topological polar surface area (TPSA) is 35.6 Å². The lowest BCUT2D eigenvalue weighted by molar-refractivity contribution is 0.0758. The molecule has 1 amide bonds. The molecule has 0 fully saturated rings. The first kappa shape index (κ1) is 17.5. The van der Waals surface area contributed by atoms with Crippen LogP contribution < -0.4 is 5.32 Å². The van der Waals surface area contributed by atoms with Crippen molar-refractivity contribution in [2.75, 3.05) is 45.1 Å². The molecule has 0 aliphatic heterocycles. The lowest BCUT2D eigenvalue weighted by Gasteiger charge is -2.24. The number of para-hydroxylation sites is 1. The molecule has 0 saturated heterocycles. The number of nitrogens with one attached hydrogen (secondary N) is 1. The molecule has 0 radical (unpaired) electrons. The molecule has 1 rings (SSSR count). The molecule has 0 bridgehead atoms. The van der Waals surface area contributed by atoms with Crippen LogP contribution in [-0.4, -0.2) is 55.5 Å². The summed E-state index contributed by atoms with van der Waals surface area (Å²) in [5, 5.41) is 3.09. The first-order valence-electron chi connectivity index (χ1n) is 7.96. The van der Waals surface area contributed by atoms with Gasteiger partial charge in [-0.15, -0.1) is 0 Å². The molecule has 0 aliphatic rings. The van der Waals surface area contributed by atoms with Crippen molar-refractivity contribution in [3.63, 3.8) is 0 Å². The Morgan fingerprint density at radius 3 is 2.29 bits per heavy atom. The maximum Gasteiger partial charge on any atom is 0.255 e. The van der Waals surface area contributed by atoms with Gasteiger partial charge in [-0.25, -0.2) is 0 Å². The predicted molar refractivity (Wildman–Crippen MR) is 90.0 cm³/mol. The minimum absolute atomic E-state index is 0.113. The van der Waals surface area contributed by atoms with E-state index in [1.54, 1.807) is 0 Å². The zero-order valence-electron chi connectivity index (χ0n) is 13.9. The van der Waals surface area contributed by atoms with Crippen LogP contribution >= 0.6 is 0 Å². The molecule has 21 heavy (non-hydrogen) atoms. The maximum atomic E-state index is 12.6. The molecule has 0 aromatic heterocycles. The van der Waals surface area contributed by atoms with E-state index in [1.165, 1.54) is 0 Å². The zero-order chi connectivity index (χ0) is 15.7. The second kappa shape index (κ2) is 9.40. The molecule has 0 unspecified atom stereocenters. The highest BCUT2D eigenvalue weighted by atomic mass is 16.2. The minimum atomic E-state index is 0.113. The van der Waals surface area contributed by atoms with E-state index in [0.29, 0.717) is 0 Å². The van der Waals surface area contributed by atoms with Gasteiger partial charge in [-0.2, -0.15) is 0 Å². The van der Waals surface area contributed by atoms with E-state index < -0.39 is 0 Å². The Kier molecular flexibility index (Phi) is 7.83. The average molecular weight is 291 g/mol. The molecule has 0 saturated carbocycles. The van der Waals surface area contributed by atoms with Gasteiger partial charge in [0.1, 0.15) is 0 Å². The Bertz CT molecular complexity index is 430. The molecular weight excluding hydrogens is 262 g/mol. The van der Waals surface area contributed by atoms with E-state index in [-0.39, 0.29) is 5.91 Å². The molecule has 118 valence electrons. The summed E-state index contributed by atoms with van der Waals surface area (Å²) in [5.74, 6) is 0.113. The SMILES string of the molecule is CCN(CC)CCCN(CC)C(=O)c1ccccc1NC. The first-order chi connectivity index (χ1) is 10.2. The number of anilines is 1. The van der Waals surface area contributed by atoms with Crippen molar-refractivity contribution in [3.8, 4) is 0 Å². The van der Waals surface area contributed by atoms with Crippen LogP contribution in [0.15, 0.2) is 24.3 Å². The van der Waals surface area contributed by atoms with Gasteiger partial charge in [0, 0.05) is 25.8 Å². The fourth-order valence-electron chi connectivity index (χ4n) is 2.49. The maximum absolute atomic E-state index is 12.6. The Labute approximate surface area is 129 Å². The van der Waals surface area contributed by atoms with Crippen LogP contribution in [0.2, 0.25) is 0 Å². The summed E-state index contributed by atoms with van der Waals surface area (Å²) in [4.78, 5) is 17.0. The van der Waals surface area contributed by atoms with Crippen molar-refractivity contribution in [2.24, 2.45) is 0 Å². The van der Waals surface area contributed by atoms with E-state index in [4.69, 9.17) is 0 Å². The van der Waals surface area contributed by atoms with Crippen LogP contribution in [-0.2, 0) is 0 Å². The second-order valence-corrected chi connectivity index (χ2v) is 5.06. The first-order valence-corrected chi connectivity index (χ1v) is 7.96. The molecule has 4 nitrogen and oxygen atoms in total. The van der Waals surface area contributed by atoms with E-state index in [0.717, 1.165) is 50.4 Å². The average Bonchev–Trinajstić information content (AvgIpc) is 2.54. The summed E-state index contributed by atoms with van der Waals surface area (Å²) in [6.45, 7) is 11.1. The Morgan fingerprint density at radius 2 is 1.71 bits per heavy atom. The summed E-state index contributed by atoms with van der Waals surface area (Å²) < 4.78 is 0. The number of hydrogen-bond acceptors (Lipinski definition) is 3. The molecule has 1 aromatic carbocycles. The van der Waals surface area contributed by atoms with Crippen molar-refractivity contribution in [1.82, 2.24) is 9.80 Å². The van der Waals surface area contributed by atoms with Crippen molar-refractivity contribution in [3.05, 3.63) is 29.8 Å². The molecular formula is C17H29N3O. The number of carbonyl (C=O) groups excluding carboxylic acids is 1. The van der Waals surface area contributed by atoms with Crippen LogP contribution in [0, 0.1) is 0 Å². The van der Waals surface area contributed by atoms with Gasteiger partial charge >= 0.3 is 0 Å². The van der Waals surface area contributed by atoms with E-state index in [1.807, 2.05) is 43.1 Å². The van der Waals surface area contributed by atoms with Gasteiger partial charge in [-0.05, 0) is 45.1 Å². The van der Waals surface area contributed by atoms with E-state index >= 15 is 0 Å². The number of rotatable bonds is 9. The molecule has 1 aromatic rings. The number of hydrogen-bond donors (Lipinski definition) is 1. The Balaban J connectivity index is 2.65. The summed E-state index contributed by atoms with van der Waals surface area (Å²) in [7, 11) is 1.85. The van der Waals surface area contributed by atoms with Gasteiger partial charge in [0.15, 0.2) is 0 Å². The van der Waals surface area contributed by atoms with Crippen molar-refractivity contribution >= 4 is 11.6 Å². The highest BCUT2D eigenvalue weighted by Gasteiger charge is 2.16. The van der Waals surface area contributed by atoms with Crippen LogP contribution in [0.1, 0.15) is 37.6 Å². The van der Waals surface area contributed by atoms with E-state index in [2.05, 4.69) is 24.1 Å². The molecule has 0 aliphatic carbocycles. The Hall–Kier alpha value is -1.55. The highest BCUT2D eigenvalue weighted by Crippen LogP contribution is 2.16. The number of amides is 1. The molecule has 1 N–H and O–H groups in total. The fourth-order valence-corrected chi connectivity index (χ4v) is 2.49. The molecule has 0 spiro atoms. The van der Waals surface area contributed by atoms with Gasteiger partial charge < -0.3 is 15.1 Å². The molecule has 0 heterocycles. The van der Waals surface area contributed by atoms with Gasteiger partial charge in [0.25, 0.3) is 5.91 Å². The van der Waals surface area contributed by atoms with Gasteiger partial charge in [0.05, 0.1) is 5.56 Å². The third-order valence-electron chi connectivity index (χ3n) is 3.89. The Morgan fingerprint density at radius 1 is 1.05 bits per heavy atom. The smallest absolute Gasteiger partial charge is 0.255 e. The third kappa shape index (κ3) is 5.05. The lowest BCUT2D eigenvalue weighted by Crippen LogP contribution is -2.34. The monoisotopic (exact) mass is 291 g/mol. The standard InChI is InChI=1S/C17H29N3O/c1-5-19(6-2)13-10-14-20(7-3)17(21)15-11-8-9-12-16(15)18-4/h8-9,11-12,18H,5-7,10,13-14H2,1-4H3. The minimum Gasteiger partial charge on any atom is -0.387 e. The summed E-state index contributed by atoms with van der Waals surface area (Å²) in [5.41, 5.74) is 1.65. The van der Waals surface area contributed by atoms with Crippen LogP contribution in [0.25, 0.3) is 0 Å². The number of benzene rings is 1. The van der Waals surface area contributed by atoms with Crippen LogP contribution in [0.3, 0.4) is 0 Å². The fraction of sp³-hybridized carbons (Fsp3) is 0.588. The predicted octanol–water partition coefficient (Wildman–Crippen LogP) is 2.92. The quantitative estimate of drug-likeness (QED) is 0.760. The third-order valence-corrected chi connectivity index (χ3v) is 3.89. The van der Waals surface area contributed by atoms with Crippen molar-refractivity contribution in [1.29, 1.82) is 0 Å². The second-order valence-electron chi connectivity index (χ2n) is 5.06. The summed E-state index contributed by atoms with van der Waals surface area (Å²) >= 11 is 0. The van der Waals surface area contributed by atoms with Crippen molar-refractivity contribution < 1.29 is 4.79 Å². The number of nitrogens with zero attached hydrogens (tertiary/aromatic N) is 2. The van der Waals surface area contributed by atoms with Gasteiger partial charge in [-0.1, -0.05) is 26.0 Å². The largest absolute Gasteiger partial charge is 0.387 e. The van der Waals surface area contributed by atoms with Gasteiger partial charge in [-0.3, -0.25) is 4.79 Å². The lowest BCUT2D eigenvalue weighted by atomic mass is 10.1. The molecule has 0 atom stereocenters.